The van der Waals surface area contributed by atoms with Gasteiger partial charge in [-0.2, -0.15) is 13.2 Å². The lowest BCUT2D eigenvalue weighted by Crippen LogP contribution is -2.09. The maximum Gasteiger partial charge on any atom is 0.453 e. The van der Waals surface area contributed by atoms with E-state index in [4.69, 9.17) is 16.3 Å². The molecule has 11 heteroatoms. The zero-order chi connectivity index (χ0) is 19.9. The molecule has 0 aliphatic carbocycles. The molecule has 4 aromatic rings. The highest BCUT2D eigenvalue weighted by molar-refractivity contribution is 6.29. The van der Waals surface area contributed by atoms with E-state index >= 15 is 0 Å². The molecule has 0 unspecified atom stereocenters. The first-order chi connectivity index (χ1) is 13.3. The molecule has 7 nitrogen and oxygen atoms in total. The zero-order valence-electron chi connectivity index (χ0n) is 14.4. The van der Waals surface area contributed by atoms with Crippen LogP contribution in [0.25, 0.3) is 17.2 Å². The molecule has 0 atom stereocenters. The van der Waals surface area contributed by atoms with Crippen LogP contribution in [-0.4, -0.2) is 36.2 Å². The van der Waals surface area contributed by atoms with E-state index in [0.29, 0.717) is 11.4 Å². The number of aromatic nitrogens is 6. The number of benzene rings is 1. The van der Waals surface area contributed by atoms with E-state index in [2.05, 4.69) is 20.1 Å². The highest BCUT2D eigenvalue weighted by Crippen LogP contribution is 2.29. The summed E-state index contributed by atoms with van der Waals surface area (Å²) in [7, 11) is 1.53. The summed E-state index contributed by atoms with van der Waals surface area (Å²) in [5.41, 5.74) is 1.39. The minimum atomic E-state index is -4.68. The summed E-state index contributed by atoms with van der Waals surface area (Å²) in [4.78, 5) is 11.9. The molecule has 0 saturated heterocycles. The number of ether oxygens (including phenoxy) is 1. The van der Waals surface area contributed by atoms with Crippen LogP contribution in [0.4, 0.5) is 13.2 Å². The Kier molecular flexibility index (Phi) is 4.42. The molecule has 3 heterocycles. The number of fused-ring (bicyclic) bond motifs is 1. The third-order valence-electron chi connectivity index (χ3n) is 3.96. The lowest BCUT2D eigenvalue weighted by Gasteiger charge is -2.06. The zero-order valence-corrected chi connectivity index (χ0v) is 15.1. The average molecular weight is 409 g/mol. The molecule has 0 aliphatic rings. The van der Waals surface area contributed by atoms with Crippen LogP contribution >= 0.6 is 11.6 Å². The van der Waals surface area contributed by atoms with Gasteiger partial charge in [0.1, 0.15) is 28.6 Å². The van der Waals surface area contributed by atoms with Gasteiger partial charge in [-0.05, 0) is 17.7 Å². The third kappa shape index (κ3) is 3.50. The molecule has 1 aromatic carbocycles. The fourth-order valence-corrected chi connectivity index (χ4v) is 2.78. The normalized spacial score (nSPS) is 11.9. The highest BCUT2D eigenvalue weighted by atomic mass is 35.5. The average Bonchev–Trinajstić information content (AvgIpc) is 3.25. The van der Waals surface area contributed by atoms with Crippen molar-refractivity contribution in [3.63, 3.8) is 0 Å². The minimum Gasteiger partial charge on any atom is -0.497 e. The first kappa shape index (κ1) is 18.2. The fraction of sp³-hybridized carbons (Fsp3) is 0.176. The van der Waals surface area contributed by atoms with Crippen LogP contribution in [0.15, 0.2) is 42.9 Å². The number of hydrogen-bond acceptors (Lipinski definition) is 5. The van der Waals surface area contributed by atoms with E-state index in [0.717, 1.165) is 5.56 Å². The summed E-state index contributed by atoms with van der Waals surface area (Å²) in [5.74, 6) is -0.601. The number of alkyl halides is 3. The maximum atomic E-state index is 13.2. The van der Waals surface area contributed by atoms with Crippen molar-refractivity contribution in [2.45, 2.75) is 12.7 Å². The maximum absolute atomic E-state index is 13.2. The SMILES string of the molecule is COc1ccc(Cn2nc(C(F)(F)F)nc2-c2cn3cnc(Cl)cc3n2)cc1. The Labute approximate surface area is 161 Å². The largest absolute Gasteiger partial charge is 0.497 e. The van der Waals surface area contributed by atoms with E-state index in [-0.39, 0.29) is 23.2 Å². The van der Waals surface area contributed by atoms with E-state index in [1.54, 1.807) is 28.7 Å². The van der Waals surface area contributed by atoms with Crippen LogP contribution in [0.3, 0.4) is 0 Å². The summed E-state index contributed by atoms with van der Waals surface area (Å²) in [6.07, 6.45) is -1.74. The Morgan fingerprint density at radius 1 is 1.14 bits per heavy atom. The molecule has 0 aliphatic heterocycles. The summed E-state index contributed by atoms with van der Waals surface area (Å²) in [6.45, 7) is 0.0787. The van der Waals surface area contributed by atoms with Crippen LogP contribution in [-0.2, 0) is 12.7 Å². The first-order valence-electron chi connectivity index (χ1n) is 7.99. The number of hydrogen-bond donors (Lipinski definition) is 0. The predicted molar refractivity (Wildman–Crippen MR) is 94.1 cm³/mol. The number of nitrogens with zero attached hydrogens (tertiary/aromatic N) is 6. The third-order valence-corrected chi connectivity index (χ3v) is 4.17. The summed E-state index contributed by atoms with van der Waals surface area (Å²) < 4.78 is 47.4. The van der Waals surface area contributed by atoms with Gasteiger partial charge in [0.2, 0.25) is 0 Å². The van der Waals surface area contributed by atoms with Crippen molar-refractivity contribution in [3.05, 3.63) is 59.4 Å². The Bertz CT molecular complexity index is 1140. The minimum absolute atomic E-state index is 0.0111. The van der Waals surface area contributed by atoms with Gasteiger partial charge in [-0.3, -0.25) is 4.40 Å². The van der Waals surface area contributed by atoms with Gasteiger partial charge in [0.15, 0.2) is 5.82 Å². The van der Waals surface area contributed by atoms with Crippen LogP contribution in [0.5, 0.6) is 5.75 Å². The van der Waals surface area contributed by atoms with Gasteiger partial charge in [0, 0.05) is 12.3 Å². The van der Waals surface area contributed by atoms with Crippen molar-refractivity contribution in [3.8, 4) is 17.3 Å². The van der Waals surface area contributed by atoms with Gasteiger partial charge in [-0.25, -0.2) is 19.6 Å². The summed E-state index contributed by atoms with van der Waals surface area (Å²) >= 11 is 5.84. The Morgan fingerprint density at radius 2 is 1.89 bits per heavy atom. The second-order valence-corrected chi connectivity index (χ2v) is 6.25. The molecule has 3 aromatic heterocycles. The van der Waals surface area contributed by atoms with Gasteiger partial charge in [0.05, 0.1) is 13.7 Å². The molecule has 0 amide bonds. The summed E-state index contributed by atoms with van der Waals surface area (Å²) in [6, 6.07) is 8.42. The molecule has 0 saturated carbocycles. The number of halogens is 4. The summed E-state index contributed by atoms with van der Waals surface area (Å²) in [5, 5.41) is 3.86. The van der Waals surface area contributed by atoms with Crippen LogP contribution in [0.1, 0.15) is 11.4 Å². The molecule has 0 spiro atoms. The Balaban J connectivity index is 1.78. The lowest BCUT2D eigenvalue weighted by molar-refractivity contribution is -0.144. The first-order valence-corrected chi connectivity index (χ1v) is 8.37. The van der Waals surface area contributed by atoms with E-state index in [9.17, 15) is 13.2 Å². The highest BCUT2D eigenvalue weighted by Gasteiger charge is 2.37. The standard InChI is InChI=1S/C17H12ClF3N6O/c1-28-11-4-2-10(3-5-11)7-27-15(24-16(25-27)17(19,20)21)12-8-26-9-22-13(18)6-14(26)23-12/h2-6,8-9H,7H2,1H3. The number of rotatable bonds is 4. The Morgan fingerprint density at radius 3 is 2.57 bits per heavy atom. The molecule has 0 fully saturated rings. The second kappa shape index (κ2) is 6.79. The smallest absolute Gasteiger partial charge is 0.453 e. The van der Waals surface area contributed by atoms with Crippen molar-refractivity contribution in [2.24, 2.45) is 0 Å². The molecule has 28 heavy (non-hydrogen) atoms. The topological polar surface area (TPSA) is 70.1 Å². The quantitative estimate of drug-likeness (QED) is 0.481. The van der Waals surface area contributed by atoms with Gasteiger partial charge in [-0.15, -0.1) is 5.10 Å². The second-order valence-electron chi connectivity index (χ2n) is 5.87. The van der Waals surface area contributed by atoms with E-state index < -0.39 is 12.0 Å². The van der Waals surface area contributed by atoms with Gasteiger partial charge < -0.3 is 4.74 Å². The van der Waals surface area contributed by atoms with Crippen LogP contribution < -0.4 is 4.74 Å². The molecular formula is C17H12ClF3N6O. The van der Waals surface area contributed by atoms with E-state index in [1.807, 2.05) is 0 Å². The lowest BCUT2D eigenvalue weighted by atomic mass is 10.2. The molecule has 0 N–H and O–H groups in total. The van der Waals surface area contributed by atoms with Crippen molar-refractivity contribution in [2.75, 3.05) is 7.11 Å². The van der Waals surface area contributed by atoms with Crippen molar-refractivity contribution >= 4 is 17.2 Å². The van der Waals surface area contributed by atoms with Crippen molar-refractivity contribution < 1.29 is 17.9 Å². The fourth-order valence-electron chi connectivity index (χ4n) is 2.64. The molecule has 4 rings (SSSR count). The van der Waals surface area contributed by atoms with Gasteiger partial charge in [0.25, 0.3) is 5.82 Å². The van der Waals surface area contributed by atoms with Crippen LogP contribution in [0.2, 0.25) is 5.15 Å². The predicted octanol–water partition coefficient (Wildman–Crippen LogP) is 3.72. The van der Waals surface area contributed by atoms with Gasteiger partial charge in [-0.1, -0.05) is 23.7 Å². The molecule has 0 bridgehead atoms. The van der Waals surface area contributed by atoms with Crippen molar-refractivity contribution in [1.29, 1.82) is 0 Å². The van der Waals surface area contributed by atoms with Crippen molar-refractivity contribution in [1.82, 2.24) is 29.1 Å². The van der Waals surface area contributed by atoms with Crippen LogP contribution in [0, 0.1) is 0 Å². The van der Waals surface area contributed by atoms with E-state index in [1.165, 1.54) is 30.4 Å². The molecular weight excluding hydrogens is 397 g/mol. The monoisotopic (exact) mass is 408 g/mol. The molecule has 0 radical (unpaired) electrons. The van der Waals surface area contributed by atoms with Gasteiger partial charge >= 0.3 is 6.18 Å². The number of imidazole rings is 1. The number of methoxy groups -OCH3 is 1. The Hall–Kier alpha value is -3.14. The molecule has 144 valence electrons.